The molecule has 1 aromatic heterocycles. The zero-order valence-electron chi connectivity index (χ0n) is 10.3. The van der Waals surface area contributed by atoms with Crippen molar-refractivity contribution in [2.75, 3.05) is 31.3 Å². The molecule has 4 N–H and O–H groups in total. The van der Waals surface area contributed by atoms with Crippen LogP contribution >= 0.6 is 0 Å². The minimum Gasteiger partial charge on any atom is -0.389 e. The second kappa shape index (κ2) is 7.03. The summed E-state index contributed by atoms with van der Waals surface area (Å²) < 4.78 is 4.85. The third kappa shape index (κ3) is 4.16. The van der Waals surface area contributed by atoms with E-state index < -0.39 is 6.10 Å². The second-order valence-electron chi connectivity index (χ2n) is 3.83. The van der Waals surface area contributed by atoms with Crippen LogP contribution in [0.25, 0.3) is 0 Å². The first-order valence-corrected chi connectivity index (χ1v) is 5.69. The lowest BCUT2D eigenvalue weighted by Gasteiger charge is -2.14. The van der Waals surface area contributed by atoms with E-state index in [0.29, 0.717) is 18.2 Å². The van der Waals surface area contributed by atoms with E-state index in [1.807, 2.05) is 0 Å². The van der Waals surface area contributed by atoms with Crippen LogP contribution in [0, 0.1) is 0 Å². The summed E-state index contributed by atoms with van der Waals surface area (Å²) >= 11 is 0. The zero-order valence-corrected chi connectivity index (χ0v) is 10.3. The second-order valence-corrected chi connectivity index (χ2v) is 3.83. The van der Waals surface area contributed by atoms with Gasteiger partial charge in [-0.1, -0.05) is 13.3 Å². The largest absolute Gasteiger partial charge is 0.389 e. The summed E-state index contributed by atoms with van der Waals surface area (Å²) in [5.74, 6) is 1.18. The van der Waals surface area contributed by atoms with E-state index >= 15 is 0 Å². The summed E-state index contributed by atoms with van der Waals surface area (Å²) in [5.41, 5.74) is 6.70. The highest BCUT2D eigenvalue weighted by Gasteiger charge is 2.10. The Morgan fingerprint density at radius 1 is 1.53 bits per heavy atom. The molecular weight excluding hydrogens is 220 g/mol. The van der Waals surface area contributed by atoms with Gasteiger partial charge < -0.3 is 20.9 Å². The fourth-order valence-electron chi connectivity index (χ4n) is 1.54. The zero-order chi connectivity index (χ0) is 12.7. The predicted octanol–water partition coefficient (Wildman–Crippen LogP) is 0.430. The summed E-state index contributed by atoms with van der Waals surface area (Å²) in [6.45, 7) is 2.73. The number of nitrogens with one attached hydrogen (secondary N) is 1. The minimum atomic E-state index is -0.564. The highest BCUT2D eigenvalue weighted by atomic mass is 16.5. The normalized spacial score (nSPS) is 12.4. The van der Waals surface area contributed by atoms with Crippen molar-refractivity contribution in [3.05, 3.63) is 11.9 Å². The van der Waals surface area contributed by atoms with Gasteiger partial charge in [0.25, 0.3) is 0 Å². The van der Waals surface area contributed by atoms with Crippen LogP contribution in [-0.4, -0.2) is 41.4 Å². The SMILES string of the molecule is CCCc1c(N)ncnc1NCC(O)COC. The molecule has 1 heterocycles. The van der Waals surface area contributed by atoms with E-state index in [0.717, 1.165) is 18.4 Å². The molecule has 1 unspecified atom stereocenters. The van der Waals surface area contributed by atoms with E-state index in [1.54, 1.807) is 7.11 Å². The monoisotopic (exact) mass is 240 g/mol. The number of hydrogen-bond acceptors (Lipinski definition) is 6. The van der Waals surface area contributed by atoms with Crippen LogP contribution in [0.1, 0.15) is 18.9 Å². The van der Waals surface area contributed by atoms with Crippen LogP contribution in [0.15, 0.2) is 6.33 Å². The van der Waals surface area contributed by atoms with Crippen molar-refractivity contribution in [3.8, 4) is 0 Å². The van der Waals surface area contributed by atoms with Crippen molar-refractivity contribution in [3.63, 3.8) is 0 Å². The number of hydrogen-bond donors (Lipinski definition) is 3. The molecule has 0 bridgehead atoms. The van der Waals surface area contributed by atoms with Gasteiger partial charge in [0, 0.05) is 19.2 Å². The number of nitrogens with zero attached hydrogens (tertiary/aromatic N) is 2. The average molecular weight is 240 g/mol. The van der Waals surface area contributed by atoms with Crippen LogP contribution in [0.4, 0.5) is 11.6 Å². The maximum atomic E-state index is 9.54. The van der Waals surface area contributed by atoms with Gasteiger partial charge in [0.15, 0.2) is 0 Å². The molecule has 6 heteroatoms. The third-order valence-corrected chi connectivity index (χ3v) is 2.34. The number of aliphatic hydroxyl groups is 1. The van der Waals surface area contributed by atoms with Gasteiger partial charge in [-0.2, -0.15) is 0 Å². The minimum absolute atomic E-state index is 0.288. The number of anilines is 2. The number of nitrogens with two attached hydrogens (primary N) is 1. The summed E-state index contributed by atoms with van der Waals surface area (Å²) in [7, 11) is 1.55. The van der Waals surface area contributed by atoms with Gasteiger partial charge in [0.05, 0.1) is 12.7 Å². The lowest BCUT2D eigenvalue weighted by Crippen LogP contribution is -2.25. The van der Waals surface area contributed by atoms with Gasteiger partial charge in [0.1, 0.15) is 18.0 Å². The Hall–Kier alpha value is -1.40. The van der Waals surface area contributed by atoms with Crippen molar-refractivity contribution in [2.24, 2.45) is 0 Å². The highest BCUT2D eigenvalue weighted by Crippen LogP contribution is 2.18. The topological polar surface area (TPSA) is 93.3 Å². The van der Waals surface area contributed by atoms with Gasteiger partial charge in [-0.05, 0) is 6.42 Å². The standard InChI is InChI=1S/C11H20N4O2/c1-3-4-9-10(12)14-7-15-11(9)13-5-8(16)6-17-2/h7-8,16H,3-6H2,1-2H3,(H3,12,13,14,15). The Kier molecular flexibility index (Phi) is 5.65. The summed E-state index contributed by atoms with van der Waals surface area (Å²) in [4.78, 5) is 8.10. The van der Waals surface area contributed by atoms with Crippen molar-refractivity contribution in [1.82, 2.24) is 9.97 Å². The molecule has 0 amide bonds. The lowest BCUT2D eigenvalue weighted by atomic mass is 10.1. The van der Waals surface area contributed by atoms with E-state index in [9.17, 15) is 5.11 Å². The smallest absolute Gasteiger partial charge is 0.134 e. The van der Waals surface area contributed by atoms with E-state index in [-0.39, 0.29) is 6.61 Å². The fourth-order valence-corrected chi connectivity index (χ4v) is 1.54. The number of methoxy groups -OCH3 is 1. The third-order valence-electron chi connectivity index (χ3n) is 2.34. The fraction of sp³-hybridized carbons (Fsp3) is 0.636. The Labute approximate surface area is 101 Å². The van der Waals surface area contributed by atoms with Crippen molar-refractivity contribution >= 4 is 11.6 Å². The van der Waals surface area contributed by atoms with Gasteiger partial charge in [-0.15, -0.1) is 0 Å². The lowest BCUT2D eigenvalue weighted by molar-refractivity contribution is 0.0727. The van der Waals surface area contributed by atoms with Gasteiger partial charge >= 0.3 is 0 Å². The first-order valence-electron chi connectivity index (χ1n) is 5.69. The highest BCUT2D eigenvalue weighted by molar-refractivity contribution is 5.54. The molecule has 6 nitrogen and oxygen atoms in total. The number of rotatable bonds is 7. The maximum Gasteiger partial charge on any atom is 0.134 e. The number of aliphatic hydroxyl groups excluding tert-OH is 1. The molecule has 0 aliphatic carbocycles. The first kappa shape index (κ1) is 13.7. The van der Waals surface area contributed by atoms with Crippen molar-refractivity contribution in [1.29, 1.82) is 0 Å². The predicted molar refractivity (Wildman–Crippen MR) is 66.8 cm³/mol. The maximum absolute atomic E-state index is 9.54. The molecule has 96 valence electrons. The van der Waals surface area contributed by atoms with Crippen LogP contribution in [0.3, 0.4) is 0 Å². The first-order chi connectivity index (χ1) is 8.19. The molecule has 0 spiro atoms. The average Bonchev–Trinajstić information content (AvgIpc) is 2.30. The number of ether oxygens (including phenoxy) is 1. The van der Waals surface area contributed by atoms with Gasteiger partial charge in [-0.25, -0.2) is 9.97 Å². The molecule has 1 atom stereocenters. The van der Waals surface area contributed by atoms with Gasteiger partial charge in [-0.3, -0.25) is 0 Å². The Morgan fingerprint density at radius 3 is 2.94 bits per heavy atom. The number of nitrogen functional groups attached to an aromatic ring is 1. The van der Waals surface area contributed by atoms with Crippen LogP contribution < -0.4 is 11.1 Å². The van der Waals surface area contributed by atoms with Crippen molar-refractivity contribution < 1.29 is 9.84 Å². The molecular formula is C11H20N4O2. The Morgan fingerprint density at radius 2 is 2.29 bits per heavy atom. The Bertz CT molecular complexity index is 346. The molecule has 1 rings (SSSR count). The number of aromatic nitrogens is 2. The molecule has 0 saturated heterocycles. The van der Waals surface area contributed by atoms with Crippen LogP contribution in [-0.2, 0) is 11.2 Å². The molecule has 0 fully saturated rings. The molecule has 1 aromatic rings. The van der Waals surface area contributed by atoms with Gasteiger partial charge in [0.2, 0.25) is 0 Å². The van der Waals surface area contributed by atoms with E-state index in [2.05, 4.69) is 22.2 Å². The molecule has 0 radical (unpaired) electrons. The van der Waals surface area contributed by atoms with E-state index in [4.69, 9.17) is 10.5 Å². The molecule has 0 aliphatic rings. The molecule has 0 aliphatic heterocycles. The van der Waals surface area contributed by atoms with Crippen molar-refractivity contribution in [2.45, 2.75) is 25.9 Å². The molecule has 0 saturated carbocycles. The molecule has 17 heavy (non-hydrogen) atoms. The van der Waals surface area contributed by atoms with E-state index in [1.165, 1.54) is 6.33 Å². The summed E-state index contributed by atoms with van der Waals surface area (Å²) in [6.07, 6.45) is 2.63. The van der Waals surface area contributed by atoms with Crippen LogP contribution in [0.2, 0.25) is 0 Å². The summed E-state index contributed by atoms with van der Waals surface area (Å²) in [6, 6.07) is 0. The summed E-state index contributed by atoms with van der Waals surface area (Å²) in [5, 5.41) is 12.6. The quantitative estimate of drug-likeness (QED) is 0.640. The molecule has 0 aromatic carbocycles. The Balaban J connectivity index is 2.66. The van der Waals surface area contributed by atoms with Crippen LogP contribution in [0.5, 0.6) is 0 Å².